The fourth-order valence-corrected chi connectivity index (χ4v) is 6.15. The molecule has 0 bridgehead atoms. The molecule has 1 heterocycles. The third-order valence-corrected chi connectivity index (χ3v) is 7.81. The van der Waals surface area contributed by atoms with Crippen LogP contribution >= 0.6 is 0 Å². The Balaban J connectivity index is 1.83. The van der Waals surface area contributed by atoms with Gasteiger partial charge < -0.3 is 0 Å². The minimum atomic E-state index is 0.458. The second kappa shape index (κ2) is 6.54. The molecule has 0 saturated heterocycles. The van der Waals surface area contributed by atoms with Crippen LogP contribution in [-0.4, -0.2) is 0 Å². The molecular formula is C29H34N+. The number of rotatable bonds is 2. The first-order valence-electron chi connectivity index (χ1n) is 11.4. The van der Waals surface area contributed by atoms with E-state index < -0.39 is 0 Å². The van der Waals surface area contributed by atoms with Gasteiger partial charge in [0.2, 0.25) is 5.69 Å². The van der Waals surface area contributed by atoms with Gasteiger partial charge in [0.25, 0.3) is 0 Å². The molecule has 3 aromatic rings. The summed E-state index contributed by atoms with van der Waals surface area (Å²) < 4.78 is 2.34. The van der Waals surface area contributed by atoms with Crippen molar-refractivity contribution in [2.24, 2.45) is 12.5 Å². The molecule has 2 aromatic carbocycles. The maximum Gasteiger partial charge on any atom is 0.221 e. The average molecular weight is 397 g/mol. The number of aromatic nitrogens is 1. The number of nitrogens with zero attached hydrogens (tertiary/aromatic N) is 1. The van der Waals surface area contributed by atoms with Crippen LogP contribution in [0.25, 0.3) is 21.9 Å². The van der Waals surface area contributed by atoms with Gasteiger partial charge in [-0.3, -0.25) is 0 Å². The van der Waals surface area contributed by atoms with Gasteiger partial charge in [0.05, 0.1) is 11.0 Å². The maximum atomic E-state index is 2.44. The van der Waals surface area contributed by atoms with E-state index in [1.54, 1.807) is 5.56 Å². The Kier molecular flexibility index (Phi) is 4.26. The van der Waals surface area contributed by atoms with Crippen molar-refractivity contribution in [3.63, 3.8) is 0 Å². The molecule has 5 rings (SSSR count). The zero-order valence-electron chi connectivity index (χ0n) is 19.6. The molecule has 0 spiro atoms. The zero-order chi connectivity index (χ0) is 21.4. The summed E-state index contributed by atoms with van der Waals surface area (Å²) in [6.07, 6.45) is 6.17. The van der Waals surface area contributed by atoms with Gasteiger partial charge in [-0.1, -0.05) is 43.7 Å². The van der Waals surface area contributed by atoms with E-state index in [4.69, 9.17) is 0 Å². The summed E-state index contributed by atoms with van der Waals surface area (Å²) in [5.41, 5.74) is 13.4. The average Bonchev–Trinajstić information content (AvgIpc) is 3.20. The van der Waals surface area contributed by atoms with Crippen LogP contribution in [0.5, 0.6) is 0 Å². The van der Waals surface area contributed by atoms with Crippen molar-refractivity contribution in [2.75, 3.05) is 0 Å². The van der Waals surface area contributed by atoms with Crippen molar-refractivity contribution in [3.8, 4) is 0 Å². The van der Waals surface area contributed by atoms with Gasteiger partial charge in [-0.05, 0) is 97.1 Å². The van der Waals surface area contributed by atoms with Gasteiger partial charge in [0, 0.05) is 6.07 Å². The molecular weight excluding hydrogens is 362 g/mol. The van der Waals surface area contributed by atoms with Gasteiger partial charge >= 0.3 is 0 Å². The lowest BCUT2D eigenvalue weighted by Crippen LogP contribution is -2.32. The molecule has 30 heavy (non-hydrogen) atoms. The normalized spacial score (nSPS) is 19.9. The standard InChI is InChI=1S/C29H34N/c1-17-14-18(2)19(3)24(15-17)26-20(4)25-23(22-10-12-29(5,6)16-22)9-8-21-11-13-30(7)28(26)27(21)25/h8-9,11,13-15,22H,10,12,16H2,1-7H3/q+1. The van der Waals surface area contributed by atoms with Crippen molar-refractivity contribution < 1.29 is 4.57 Å². The van der Waals surface area contributed by atoms with Crippen LogP contribution in [0.2, 0.25) is 0 Å². The van der Waals surface area contributed by atoms with E-state index in [0.29, 0.717) is 11.3 Å². The summed E-state index contributed by atoms with van der Waals surface area (Å²) in [5, 5.41) is 2.84. The maximum absolute atomic E-state index is 2.44. The Labute approximate surface area is 181 Å². The summed E-state index contributed by atoms with van der Waals surface area (Å²) in [5.74, 6) is 0.674. The van der Waals surface area contributed by atoms with Crippen LogP contribution in [0.3, 0.4) is 0 Å². The van der Waals surface area contributed by atoms with Crippen molar-refractivity contribution in [1.29, 1.82) is 0 Å². The molecule has 0 radical (unpaired) electrons. The first-order chi connectivity index (χ1) is 14.2. The molecule has 0 amide bonds. The van der Waals surface area contributed by atoms with Crippen LogP contribution < -0.4 is 4.57 Å². The van der Waals surface area contributed by atoms with Crippen LogP contribution in [0.4, 0.5) is 0 Å². The summed E-state index contributed by atoms with van der Waals surface area (Å²) >= 11 is 0. The molecule has 1 fully saturated rings. The lowest BCUT2D eigenvalue weighted by molar-refractivity contribution is -0.672. The predicted octanol–water partition coefficient (Wildman–Crippen LogP) is 7.18. The van der Waals surface area contributed by atoms with E-state index in [2.05, 4.69) is 89.7 Å². The van der Waals surface area contributed by atoms with E-state index in [1.165, 1.54) is 74.7 Å². The lowest BCUT2D eigenvalue weighted by Gasteiger charge is -2.19. The highest BCUT2D eigenvalue weighted by Crippen LogP contribution is 2.52. The summed E-state index contributed by atoms with van der Waals surface area (Å²) in [6, 6.07) is 11.8. The third kappa shape index (κ3) is 2.78. The molecule has 1 unspecified atom stereocenters. The van der Waals surface area contributed by atoms with Crippen molar-refractivity contribution in [2.45, 2.75) is 66.7 Å². The fourth-order valence-electron chi connectivity index (χ4n) is 6.15. The Bertz CT molecular complexity index is 1240. The van der Waals surface area contributed by atoms with Crippen LogP contribution in [-0.2, 0) is 7.05 Å². The Morgan fingerprint density at radius 2 is 1.77 bits per heavy atom. The highest BCUT2D eigenvalue weighted by molar-refractivity contribution is 6.16. The summed E-state index contributed by atoms with van der Waals surface area (Å²) in [7, 11) is 2.21. The molecule has 154 valence electrons. The largest absolute Gasteiger partial charge is 0.221 e. The van der Waals surface area contributed by atoms with Crippen LogP contribution in [0.15, 0.2) is 36.5 Å². The molecule has 1 saturated carbocycles. The molecule has 0 aliphatic heterocycles. The molecule has 1 heteroatoms. The first kappa shape index (κ1) is 19.5. The lowest BCUT2D eigenvalue weighted by atomic mass is 9.85. The van der Waals surface area contributed by atoms with Crippen molar-refractivity contribution in [1.82, 2.24) is 0 Å². The van der Waals surface area contributed by atoms with E-state index in [9.17, 15) is 0 Å². The number of hydrogen-bond acceptors (Lipinski definition) is 0. The van der Waals surface area contributed by atoms with Gasteiger partial charge in [0.1, 0.15) is 7.05 Å². The monoisotopic (exact) mass is 396 g/mol. The molecule has 0 N–H and O–H groups in total. The molecule has 1 atom stereocenters. The van der Waals surface area contributed by atoms with Gasteiger partial charge in [-0.15, -0.1) is 0 Å². The highest BCUT2D eigenvalue weighted by atomic mass is 14.9. The number of hydrogen-bond donors (Lipinski definition) is 0. The first-order valence-corrected chi connectivity index (χ1v) is 11.4. The SMILES string of the molecule is CC1=C(c2cc(C)cc(C)c2C)c2c3c1c(C1CCC(C)(C)C1)ccc3cc[n+]2C. The molecule has 2 aliphatic rings. The van der Waals surface area contributed by atoms with Crippen LogP contribution in [0, 0.1) is 26.2 Å². The Morgan fingerprint density at radius 1 is 1.00 bits per heavy atom. The van der Waals surface area contributed by atoms with E-state index in [-0.39, 0.29) is 0 Å². The second-order valence-electron chi connectivity index (χ2n) is 10.6. The quantitative estimate of drug-likeness (QED) is 0.404. The number of benzene rings is 2. The number of pyridine rings is 1. The van der Waals surface area contributed by atoms with Crippen molar-refractivity contribution in [3.05, 3.63) is 75.6 Å². The van der Waals surface area contributed by atoms with E-state index in [1.807, 2.05) is 0 Å². The molecule has 1 aromatic heterocycles. The van der Waals surface area contributed by atoms with Gasteiger partial charge in [0.15, 0.2) is 6.20 Å². The smallest absolute Gasteiger partial charge is 0.200 e. The molecule has 1 nitrogen and oxygen atoms in total. The zero-order valence-corrected chi connectivity index (χ0v) is 19.6. The highest BCUT2D eigenvalue weighted by Gasteiger charge is 2.37. The summed E-state index contributed by atoms with van der Waals surface area (Å²) in [6.45, 7) is 14.0. The Morgan fingerprint density at radius 3 is 2.47 bits per heavy atom. The number of aryl methyl sites for hydroxylation is 3. The Hall–Kier alpha value is -2.41. The predicted molar refractivity (Wildman–Crippen MR) is 128 cm³/mol. The topological polar surface area (TPSA) is 3.88 Å². The number of allylic oxidation sites excluding steroid dienone is 1. The van der Waals surface area contributed by atoms with Gasteiger partial charge in [-0.25, -0.2) is 4.57 Å². The fraction of sp³-hybridized carbons (Fsp3) is 0.414. The van der Waals surface area contributed by atoms with E-state index >= 15 is 0 Å². The van der Waals surface area contributed by atoms with Gasteiger partial charge in [-0.2, -0.15) is 0 Å². The van der Waals surface area contributed by atoms with Crippen LogP contribution in [0.1, 0.15) is 85.0 Å². The minimum Gasteiger partial charge on any atom is -0.200 e. The van der Waals surface area contributed by atoms with E-state index in [0.717, 1.165) is 0 Å². The summed E-state index contributed by atoms with van der Waals surface area (Å²) in [4.78, 5) is 0. The third-order valence-electron chi connectivity index (χ3n) is 7.81. The van der Waals surface area contributed by atoms with Crippen molar-refractivity contribution >= 4 is 21.9 Å². The minimum absolute atomic E-state index is 0.458. The second-order valence-corrected chi connectivity index (χ2v) is 10.6. The molecule has 2 aliphatic carbocycles.